The van der Waals surface area contributed by atoms with Crippen molar-refractivity contribution in [3.63, 3.8) is 0 Å². The number of amides is 1. The lowest BCUT2D eigenvalue weighted by Gasteiger charge is -2.34. The fourth-order valence-electron chi connectivity index (χ4n) is 1.99. The van der Waals surface area contributed by atoms with Crippen molar-refractivity contribution in [2.24, 2.45) is 0 Å². The molecule has 0 bridgehead atoms. The van der Waals surface area contributed by atoms with E-state index in [1.165, 1.54) is 4.90 Å². The zero-order valence-electron chi connectivity index (χ0n) is 9.74. The Morgan fingerprint density at radius 1 is 1.06 bits per heavy atom. The van der Waals surface area contributed by atoms with Crippen molar-refractivity contribution in [1.82, 2.24) is 4.90 Å². The monoisotopic (exact) mass is 250 g/mol. The number of carboxylic acids is 1. The number of rotatable bonds is 2. The molecule has 1 aliphatic heterocycles. The molecule has 0 saturated carbocycles. The molecular formula is C12H14N2O4. The number of piperazine rings is 1. The lowest BCUT2D eigenvalue weighted by molar-refractivity contribution is 0.0697. The van der Waals surface area contributed by atoms with E-state index >= 15 is 0 Å². The minimum atomic E-state index is -0.957. The SMILES string of the molecule is O=C(O)c1cccc(N2CCN(C(=O)O)CC2)c1. The van der Waals surface area contributed by atoms with E-state index in [0.717, 1.165) is 5.69 Å². The van der Waals surface area contributed by atoms with Gasteiger partial charge in [0.2, 0.25) is 0 Å². The summed E-state index contributed by atoms with van der Waals surface area (Å²) in [7, 11) is 0. The summed E-state index contributed by atoms with van der Waals surface area (Å²) in [4.78, 5) is 25.0. The average molecular weight is 250 g/mol. The fourth-order valence-corrected chi connectivity index (χ4v) is 1.99. The van der Waals surface area contributed by atoms with Crippen LogP contribution in [-0.4, -0.2) is 53.4 Å². The van der Waals surface area contributed by atoms with Gasteiger partial charge in [-0.25, -0.2) is 9.59 Å². The molecule has 1 amide bonds. The van der Waals surface area contributed by atoms with Crippen molar-refractivity contribution in [2.75, 3.05) is 31.1 Å². The summed E-state index contributed by atoms with van der Waals surface area (Å²) < 4.78 is 0. The first-order valence-electron chi connectivity index (χ1n) is 5.64. The van der Waals surface area contributed by atoms with Crippen LogP contribution in [0.2, 0.25) is 0 Å². The fraction of sp³-hybridized carbons (Fsp3) is 0.333. The predicted molar refractivity (Wildman–Crippen MR) is 65.2 cm³/mol. The average Bonchev–Trinajstić information content (AvgIpc) is 2.39. The number of nitrogens with zero attached hydrogens (tertiary/aromatic N) is 2. The van der Waals surface area contributed by atoms with E-state index < -0.39 is 12.1 Å². The molecule has 6 heteroatoms. The van der Waals surface area contributed by atoms with Crippen LogP contribution < -0.4 is 4.90 Å². The molecule has 0 spiro atoms. The molecule has 1 aromatic rings. The number of aromatic carboxylic acids is 1. The summed E-state index contributed by atoms with van der Waals surface area (Å²) in [5.41, 5.74) is 1.06. The van der Waals surface area contributed by atoms with Crippen LogP contribution in [0.5, 0.6) is 0 Å². The molecule has 0 atom stereocenters. The Balaban J connectivity index is 2.07. The van der Waals surface area contributed by atoms with Gasteiger partial charge in [-0.3, -0.25) is 0 Å². The van der Waals surface area contributed by atoms with Gasteiger partial charge in [-0.05, 0) is 18.2 Å². The van der Waals surface area contributed by atoms with Crippen LogP contribution in [0.4, 0.5) is 10.5 Å². The van der Waals surface area contributed by atoms with Gasteiger partial charge in [-0.2, -0.15) is 0 Å². The molecule has 1 heterocycles. The van der Waals surface area contributed by atoms with E-state index in [2.05, 4.69) is 0 Å². The van der Waals surface area contributed by atoms with E-state index in [1.807, 2.05) is 11.0 Å². The number of carboxylic acid groups (broad SMARTS) is 2. The maximum atomic E-state index is 10.9. The topological polar surface area (TPSA) is 81.1 Å². The molecule has 0 unspecified atom stereocenters. The molecule has 1 aromatic carbocycles. The maximum Gasteiger partial charge on any atom is 0.407 e. The minimum Gasteiger partial charge on any atom is -0.478 e. The molecule has 0 aliphatic carbocycles. The molecule has 0 radical (unpaired) electrons. The standard InChI is InChI=1S/C12H14N2O4/c15-11(16)9-2-1-3-10(8-9)13-4-6-14(7-5-13)12(17)18/h1-3,8H,4-7H2,(H,15,16)(H,17,18). The second kappa shape index (κ2) is 4.95. The first kappa shape index (κ1) is 12.2. The van der Waals surface area contributed by atoms with Crippen molar-refractivity contribution in [2.45, 2.75) is 0 Å². The molecule has 96 valence electrons. The van der Waals surface area contributed by atoms with Gasteiger partial charge in [0.05, 0.1) is 5.56 Å². The van der Waals surface area contributed by atoms with Crippen LogP contribution in [0.1, 0.15) is 10.4 Å². The van der Waals surface area contributed by atoms with E-state index in [-0.39, 0.29) is 5.56 Å². The lowest BCUT2D eigenvalue weighted by atomic mass is 10.1. The molecule has 0 aromatic heterocycles. The van der Waals surface area contributed by atoms with Gasteiger partial charge in [0.25, 0.3) is 0 Å². The Morgan fingerprint density at radius 2 is 1.72 bits per heavy atom. The van der Waals surface area contributed by atoms with E-state index in [9.17, 15) is 9.59 Å². The number of hydrogen-bond acceptors (Lipinski definition) is 3. The smallest absolute Gasteiger partial charge is 0.407 e. The largest absolute Gasteiger partial charge is 0.478 e. The van der Waals surface area contributed by atoms with Gasteiger partial charge in [-0.15, -0.1) is 0 Å². The summed E-state index contributed by atoms with van der Waals surface area (Å²) in [6.07, 6.45) is -0.908. The van der Waals surface area contributed by atoms with Crippen molar-refractivity contribution in [3.8, 4) is 0 Å². The second-order valence-electron chi connectivity index (χ2n) is 4.11. The summed E-state index contributed by atoms with van der Waals surface area (Å²) in [5.74, 6) is -0.957. The number of anilines is 1. The van der Waals surface area contributed by atoms with Gasteiger partial charge < -0.3 is 20.0 Å². The molecule has 1 fully saturated rings. The summed E-state index contributed by atoms with van der Waals surface area (Å²) >= 11 is 0. The Kier molecular flexibility index (Phi) is 3.36. The highest BCUT2D eigenvalue weighted by atomic mass is 16.4. The van der Waals surface area contributed by atoms with Crippen LogP contribution in [0, 0.1) is 0 Å². The Morgan fingerprint density at radius 3 is 2.28 bits per heavy atom. The summed E-state index contributed by atoms with van der Waals surface area (Å²) in [5, 5.41) is 17.8. The van der Waals surface area contributed by atoms with Crippen LogP contribution in [0.25, 0.3) is 0 Å². The zero-order chi connectivity index (χ0) is 13.1. The molecule has 18 heavy (non-hydrogen) atoms. The van der Waals surface area contributed by atoms with E-state index in [4.69, 9.17) is 10.2 Å². The van der Waals surface area contributed by atoms with Crippen LogP contribution in [0.3, 0.4) is 0 Å². The summed E-state index contributed by atoms with van der Waals surface area (Å²) in [6, 6.07) is 6.68. The highest BCUT2D eigenvalue weighted by Gasteiger charge is 2.20. The number of carbonyl (C=O) groups is 2. The third kappa shape index (κ3) is 2.53. The van der Waals surface area contributed by atoms with Crippen LogP contribution in [-0.2, 0) is 0 Å². The van der Waals surface area contributed by atoms with Crippen LogP contribution >= 0.6 is 0 Å². The van der Waals surface area contributed by atoms with Gasteiger partial charge in [0.1, 0.15) is 0 Å². The highest BCUT2D eigenvalue weighted by Crippen LogP contribution is 2.18. The highest BCUT2D eigenvalue weighted by molar-refractivity contribution is 5.88. The van der Waals surface area contributed by atoms with Crippen molar-refractivity contribution in [3.05, 3.63) is 29.8 Å². The van der Waals surface area contributed by atoms with Crippen molar-refractivity contribution in [1.29, 1.82) is 0 Å². The van der Waals surface area contributed by atoms with Crippen molar-refractivity contribution < 1.29 is 19.8 Å². The third-order valence-electron chi connectivity index (χ3n) is 3.01. The predicted octanol–water partition coefficient (Wildman–Crippen LogP) is 1.18. The van der Waals surface area contributed by atoms with E-state index in [0.29, 0.717) is 26.2 Å². The molecule has 1 aliphatic rings. The number of hydrogen-bond donors (Lipinski definition) is 2. The van der Waals surface area contributed by atoms with Gasteiger partial charge in [0, 0.05) is 31.9 Å². The molecule has 2 N–H and O–H groups in total. The Hall–Kier alpha value is -2.24. The van der Waals surface area contributed by atoms with Gasteiger partial charge in [0.15, 0.2) is 0 Å². The normalized spacial score (nSPS) is 15.6. The van der Waals surface area contributed by atoms with Crippen LogP contribution in [0.15, 0.2) is 24.3 Å². The molecule has 1 saturated heterocycles. The first-order valence-corrected chi connectivity index (χ1v) is 5.64. The zero-order valence-corrected chi connectivity index (χ0v) is 9.74. The third-order valence-corrected chi connectivity index (χ3v) is 3.01. The summed E-state index contributed by atoms with van der Waals surface area (Å²) in [6.45, 7) is 2.03. The van der Waals surface area contributed by atoms with Gasteiger partial charge in [-0.1, -0.05) is 6.07 Å². The maximum absolute atomic E-state index is 10.9. The Labute approximate surface area is 104 Å². The van der Waals surface area contributed by atoms with E-state index in [1.54, 1.807) is 18.2 Å². The lowest BCUT2D eigenvalue weighted by Crippen LogP contribution is -2.48. The second-order valence-corrected chi connectivity index (χ2v) is 4.11. The molecule has 6 nitrogen and oxygen atoms in total. The molecule has 2 rings (SSSR count). The quantitative estimate of drug-likeness (QED) is 0.823. The number of benzene rings is 1. The molecular weight excluding hydrogens is 236 g/mol. The minimum absolute atomic E-state index is 0.244. The Bertz CT molecular complexity index is 467. The van der Waals surface area contributed by atoms with Crippen molar-refractivity contribution >= 4 is 17.7 Å². The first-order chi connectivity index (χ1) is 8.58. The van der Waals surface area contributed by atoms with Gasteiger partial charge >= 0.3 is 12.1 Å².